The van der Waals surface area contributed by atoms with Crippen molar-refractivity contribution in [3.05, 3.63) is 76.7 Å². The molecule has 1 N–H and O–H groups in total. The van der Waals surface area contributed by atoms with Gasteiger partial charge in [0.1, 0.15) is 5.52 Å². The van der Waals surface area contributed by atoms with Crippen LogP contribution >= 0.6 is 0 Å². The van der Waals surface area contributed by atoms with E-state index in [4.69, 9.17) is 4.74 Å². The van der Waals surface area contributed by atoms with E-state index >= 15 is 0 Å². The number of aromatic nitrogens is 3. The number of benzene rings is 2. The zero-order valence-electron chi connectivity index (χ0n) is 18.2. The number of nitrogens with one attached hydrogen (secondary N) is 1. The number of hydrogen-bond acceptors (Lipinski definition) is 6. The monoisotopic (exact) mass is 427 g/mol. The summed E-state index contributed by atoms with van der Waals surface area (Å²) in [5.74, 6) is 0.400. The number of ether oxygens (including phenoxy) is 1. The Morgan fingerprint density at radius 2 is 1.78 bits per heavy atom. The van der Waals surface area contributed by atoms with Crippen LogP contribution < -0.4 is 15.8 Å². The van der Waals surface area contributed by atoms with Crippen LogP contribution in [0.3, 0.4) is 0 Å². The van der Waals surface area contributed by atoms with E-state index in [1.165, 1.54) is 0 Å². The molecule has 1 aliphatic heterocycles. The van der Waals surface area contributed by atoms with Crippen LogP contribution in [0.1, 0.15) is 5.56 Å². The molecule has 2 aromatic carbocycles. The van der Waals surface area contributed by atoms with Crippen LogP contribution in [-0.4, -0.2) is 40.8 Å². The number of rotatable bonds is 4. The van der Waals surface area contributed by atoms with E-state index < -0.39 is 0 Å². The van der Waals surface area contributed by atoms with Gasteiger partial charge in [0.2, 0.25) is 5.95 Å². The van der Waals surface area contributed by atoms with E-state index in [1.54, 1.807) is 17.8 Å². The van der Waals surface area contributed by atoms with Gasteiger partial charge in [-0.25, -0.2) is 9.97 Å². The standard InChI is InChI=1S/C25H25N5O2/c1-17-5-3-4-6-21(17)22-15-18-16-26-25(28-23(18)24(31)29(22)2)27-19-7-9-20(10-8-19)30-11-13-32-14-12-30/h3-10,15-16H,11-14H2,1-2H3,(H,26,27,28). The molecule has 0 radical (unpaired) electrons. The summed E-state index contributed by atoms with van der Waals surface area (Å²) >= 11 is 0. The molecule has 1 fully saturated rings. The molecular formula is C25H25N5O2. The molecule has 0 aliphatic carbocycles. The molecule has 4 aromatic rings. The lowest BCUT2D eigenvalue weighted by atomic mass is 10.0. The number of nitrogens with zero attached hydrogens (tertiary/aromatic N) is 4. The number of hydrogen-bond donors (Lipinski definition) is 1. The Bertz CT molecular complexity index is 1320. The lowest BCUT2D eigenvalue weighted by Crippen LogP contribution is -2.36. The number of anilines is 3. The molecule has 7 nitrogen and oxygen atoms in total. The van der Waals surface area contributed by atoms with Gasteiger partial charge in [-0.2, -0.15) is 0 Å². The molecule has 162 valence electrons. The van der Waals surface area contributed by atoms with Gasteiger partial charge in [0.25, 0.3) is 5.56 Å². The third kappa shape index (κ3) is 3.83. The van der Waals surface area contributed by atoms with Crippen molar-refractivity contribution in [2.24, 2.45) is 7.05 Å². The Labute approximate surface area is 186 Å². The maximum Gasteiger partial charge on any atom is 0.277 e. The van der Waals surface area contributed by atoms with Gasteiger partial charge >= 0.3 is 0 Å². The van der Waals surface area contributed by atoms with Gasteiger partial charge in [0.15, 0.2) is 0 Å². The fraction of sp³-hybridized carbons (Fsp3) is 0.240. The molecule has 0 amide bonds. The van der Waals surface area contributed by atoms with E-state index in [1.807, 2.05) is 49.4 Å². The largest absolute Gasteiger partial charge is 0.378 e. The first-order chi connectivity index (χ1) is 15.6. The van der Waals surface area contributed by atoms with Gasteiger partial charge in [-0.15, -0.1) is 0 Å². The average Bonchev–Trinajstić information content (AvgIpc) is 2.83. The predicted molar refractivity (Wildman–Crippen MR) is 128 cm³/mol. The average molecular weight is 428 g/mol. The van der Waals surface area contributed by atoms with Crippen LogP contribution in [0.15, 0.2) is 65.6 Å². The molecule has 2 aromatic heterocycles. The van der Waals surface area contributed by atoms with Crippen molar-refractivity contribution in [1.82, 2.24) is 14.5 Å². The molecule has 0 saturated carbocycles. The highest BCUT2D eigenvalue weighted by Crippen LogP contribution is 2.25. The van der Waals surface area contributed by atoms with Gasteiger partial charge in [0.05, 0.1) is 18.9 Å². The van der Waals surface area contributed by atoms with Crippen molar-refractivity contribution in [3.8, 4) is 11.3 Å². The van der Waals surface area contributed by atoms with Gasteiger partial charge in [-0.05, 0) is 42.8 Å². The first-order valence-corrected chi connectivity index (χ1v) is 10.7. The number of morpholine rings is 1. The maximum atomic E-state index is 13.1. The summed E-state index contributed by atoms with van der Waals surface area (Å²) < 4.78 is 7.07. The molecule has 3 heterocycles. The third-order valence-corrected chi connectivity index (χ3v) is 5.90. The van der Waals surface area contributed by atoms with Crippen molar-refractivity contribution in [2.75, 3.05) is 36.5 Å². The summed E-state index contributed by atoms with van der Waals surface area (Å²) in [6.07, 6.45) is 1.70. The first kappa shape index (κ1) is 20.2. The van der Waals surface area contributed by atoms with Crippen LogP contribution in [0.5, 0.6) is 0 Å². The highest BCUT2D eigenvalue weighted by atomic mass is 16.5. The Morgan fingerprint density at radius 3 is 2.53 bits per heavy atom. The van der Waals surface area contributed by atoms with Crippen LogP contribution in [-0.2, 0) is 11.8 Å². The highest BCUT2D eigenvalue weighted by Gasteiger charge is 2.13. The summed E-state index contributed by atoms with van der Waals surface area (Å²) in [7, 11) is 1.78. The van der Waals surface area contributed by atoms with E-state index in [9.17, 15) is 4.79 Å². The van der Waals surface area contributed by atoms with Crippen molar-refractivity contribution < 1.29 is 4.74 Å². The zero-order valence-corrected chi connectivity index (χ0v) is 18.2. The number of pyridine rings is 1. The Hall–Kier alpha value is -3.71. The van der Waals surface area contributed by atoms with Crippen LogP contribution in [0, 0.1) is 6.92 Å². The molecule has 0 atom stereocenters. The van der Waals surface area contributed by atoms with Crippen LogP contribution in [0.25, 0.3) is 22.2 Å². The minimum absolute atomic E-state index is 0.145. The van der Waals surface area contributed by atoms with Crippen molar-refractivity contribution in [2.45, 2.75) is 6.92 Å². The second-order valence-electron chi connectivity index (χ2n) is 7.98. The van der Waals surface area contributed by atoms with Gasteiger partial charge < -0.3 is 19.5 Å². The minimum Gasteiger partial charge on any atom is -0.378 e. The molecule has 0 spiro atoms. The molecule has 5 rings (SSSR count). The lowest BCUT2D eigenvalue weighted by molar-refractivity contribution is 0.122. The summed E-state index contributed by atoms with van der Waals surface area (Å²) in [6.45, 7) is 5.34. The quantitative estimate of drug-likeness (QED) is 0.533. The molecule has 1 saturated heterocycles. The molecule has 1 aliphatic rings. The van der Waals surface area contributed by atoms with Gasteiger partial charge in [-0.3, -0.25) is 4.79 Å². The smallest absolute Gasteiger partial charge is 0.277 e. The van der Waals surface area contributed by atoms with Crippen molar-refractivity contribution in [1.29, 1.82) is 0 Å². The number of aryl methyl sites for hydroxylation is 1. The van der Waals surface area contributed by atoms with E-state index in [-0.39, 0.29) is 5.56 Å². The van der Waals surface area contributed by atoms with E-state index in [0.717, 1.165) is 59.9 Å². The summed E-state index contributed by atoms with van der Waals surface area (Å²) in [5, 5.41) is 3.94. The minimum atomic E-state index is -0.145. The Morgan fingerprint density at radius 1 is 1.03 bits per heavy atom. The van der Waals surface area contributed by atoms with Crippen molar-refractivity contribution in [3.63, 3.8) is 0 Å². The Kier molecular flexibility index (Phi) is 5.33. The second kappa shape index (κ2) is 8.43. The molecule has 0 bridgehead atoms. The second-order valence-corrected chi connectivity index (χ2v) is 7.98. The normalized spacial score (nSPS) is 14.0. The fourth-order valence-corrected chi connectivity index (χ4v) is 4.07. The molecule has 7 heteroatoms. The maximum absolute atomic E-state index is 13.1. The Balaban J connectivity index is 1.44. The lowest BCUT2D eigenvalue weighted by Gasteiger charge is -2.28. The third-order valence-electron chi connectivity index (χ3n) is 5.90. The molecule has 0 unspecified atom stereocenters. The first-order valence-electron chi connectivity index (χ1n) is 10.7. The SMILES string of the molecule is Cc1ccccc1-c1cc2cnc(Nc3ccc(N4CCOCC4)cc3)nc2c(=O)n1C. The van der Waals surface area contributed by atoms with E-state index in [2.05, 4.69) is 32.3 Å². The zero-order chi connectivity index (χ0) is 22.1. The molecular weight excluding hydrogens is 402 g/mol. The highest BCUT2D eigenvalue weighted by molar-refractivity contribution is 5.83. The van der Waals surface area contributed by atoms with Crippen LogP contribution in [0.2, 0.25) is 0 Å². The van der Waals surface area contributed by atoms with Gasteiger partial charge in [0, 0.05) is 48.7 Å². The predicted octanol–water partition coefficient (Wildman–Crippen LogP) is 3.88. The summed E-state index contributed by atoms with van der Waals surface area (Å²) in [4.78, 5) is 24.4. The van der Waals surface area contributed by atoms with Crippen molar-refractivity contribution >= 4 is 28.2 Å². The topological polar surface area (TPSA) is 72.3 Å². The number of fused-ring (bicyclic) bond motifs is 1. The summed E-state index contributed by atoms with van der Waals surface area (Å²) in [5.41, 5.74) is 5.27. The summed E-state index contributed by atoms with van der Waals surface area (Å²) in [6, 6.07) is 18.1. The molecule has 32 heavy (non-hydrogen) atoms. The van der Waals surface area contributed by atoms with Gasteiger partial charge in [-0.1, -0.05) is 24.3 Å². The van der Waals surface area contributed by atoms with Crippen LogP contribution in [0.4, 0.5) is 17.3 Å². The fourth-order valence-electron chi connectivity index (χ4n) is 4.07. The van der Waals surface area contributed by atoms with E-state index in [0.29, 0.717) is 11.5 Å².